The van der Waals surface area contributed by atoms with Crippen LogP contribution < -0.4 is 14.4 Å². The van der Waals surface area contributed by atoms with Crippen molar-refractivity contribution in [2.24, 2.45) is 0 Å². The van der Waals surface area contributed by atoms with Gasteiger partial charge in [-0.1, -0.05) is 61.9 Å². The highest BCUT2D eigenvalue weighted by molar-refractivity contribution is 7.92. The fraction of sp³-hybridized carbons (Fsp3) is 0.278. The molecule has 0 aliphatic rings. The zero-order chi connectivity index (χ0) is 33.8. The third kappa shape index (κ3) is 9.38. The van der Waals surface area contributed by atoms with Crippen LogP contribution >= 0.6 is 0 Å². The summed E-state index contributed by atoms with van der Waals surface area (Å²) in [6.45, 7) is 3.49. The van der Waals surface area contributed by atoms with Crippen LogP contribution in [0.5, 0.6) is 5.75 Å². The van der Waals surface area contributed by atoms with Gasteiger partial charge in [-0.05, 0) is 73.5 Å². The molecule has 0 radical (unpaired) electrons. The molecule has 0 spiro atoms. The largest absolute Gasteiger partial charge is 0.494 e. The molecule has 0 heterocycles. The van der Waals surface area contributed by atoms with Crippen molar-refractivity contribution in [1.82, 2.24) is 10.2 Å². The molecule has 0 aliphatic heterocycles. The zero-order valence-corrected chi connectivity index (χ0v) is 27.3. The van der Waals surface area contributed by atoms with E-state index in [1.807, 2.05) is 37.3 Å². The lowest BCUT2D eigenvalue weighted by molar-refractivity contribution is -0.140. The molecule has 2 amide bonds. The van der Waals surface area contributed by atoms with Crippen LogP contribution in [0.3, 0.4) is 0 Å². The van der Waals surface area contributed by atoms with E-state index >= 15 is 4.39 Å². The summed E-state index contributed by atoms with van der Waals surface area (Å²) < 4.78 is 63.5. The second kappa shape index (κ2) is 16.7. The number of unbranched alkanes of at least 4 members (excludes halogenated alkanes) is 1. The summed E-state index contributed by atoms with van der Waals surface area (Å²) in [7, 11) is -4.40. The van der Waals surface area contributed by atoms with Gasteiger partial charge < -0.3 is 15.0 Å². The van der Waals surface area contributed by atoms with Gasteiger partial charge in [-0.2, -0.15) is 0 Å². The quantitative estimate of drug-likeness (QED) is 0.146. The van der Waals surface area contributed by atoms with Crippen LogP contribution in [0.15, 0.2) is 108 Å². The van der Waals surface area contributed by atoms with E-state index in [0.29, 0.717) is 25.3 Å². The number of hydrogen-bond acceptors (Lipinski definition) is 5. The molecule has 0 unspecified atom stereocenters. The van der Waals surface area contributed by atoms with Gasteiger partial charge in [-0.25, -0.2) is 17.2 Å². The highest BCUT2D eigenvalue weighted by Crippen LogP contribution is 2.27. The second-order valence-electron chi connectivity index (χ2n) is 10.9. The van der Waals surface area contributed by atoms with Crippen molar-refractivity contribution in [3.05, 3.63) is 126 Å². The number of nitrogens with one attached hydrogen (secondary N) is 1. The first-order valence-corrected chi connectivity index (χ1v) is 16.9. The van der Waals surface area contributed by atoms with E-state index in [1.165, 1.54) is 59.5 Å². The highest BCUT2D eigenvalue weighted by atomic mass is 32.2. The molecular weight excluding hydrogens is 624 g/mol. The Morgan fingerprint density at radius 2 is 1.51 bits per heavy atom. The molecule has 0 saturated carbocycles. The number of carbonyl (C=O) groups is 2. The maximum atomic E-state index is 15.0. The molecular formula is C36H39F2N3O5S. The number of hydrogen-bond donors (Lipinski definition) is 1. The molecule has 8 nitrogen and oxygen atoms in total. The van der Waals surface area contributed by atoms with Gasteiger partial charge in [0.1, 0.15) is 30.0 Å². The summed E-state index contributed by atoms with van der Waals surface area (Å²) in [5, 5.41) is 2.89. The number of nitrogens with zero attached hydrogens (tertiary/aromatic N) is 2. The van der Waals surface area contributed by atoms with E-state index in [0.717, 1.165) is 28.4 Å². The summed E-state index contributed by atoms with van der Waals surface area (Å²) >= 11 is 0. The minimum atomic E-state index is -4.40. The van der Waals surface area contributed by atoms with Crippen molar-refractivity contribution in [3.8, 4) is 5.75 Å². The molecule has 4 rings (SSSR count). The molecule has 1 N–H and O–H groups in total. The monoisotopic (exact) mass is 663 g/mol. The van der Waals surface area contributed by atoms with E-state index in [9.17, 15) is 22.4 Å². The molecule has 0 aliphatic carbocycles. The molecule has 47 heavy (non-hydrogen) atoms. The smallest absolute Gasteiger partial charge is 0.264 e. The Labute approximate surface area is 275 Å². The number of rotatable bonds is 16. The van der Waals surface area contributed by atoms with Gasteiger partial charge in [0.25, 0.3) is 10.0 Å². The van der Waals surface area contributed by atoms with E-state index in [1.54, 1.807) is 13.0 Å². The van der Waals surface area contributed by atoms with Gasteiger partial charge in [-0.15, -0.1) is 0 Å². The average Bonchev–Trinajstić information content (AvgIpc) is 3.07. The van der Waals surface area contributed by atoms with Crippen molar-refractivity contribution in [1.29, 1.82) is 0 Å². The van der Waals surface area contributed by atoms with Gasteiger partial charge in [0, 0.05) is 25.1 Å². The molecule has 0 bridgehead atoms. The number of carbonyl (C=O) groups excluding carboxylic acids is 2. The maximum Gasteiger partial charge on any atom is 0.264 e. The number of sulfonamides is 1. The number of benzene rings is 4. The first-order valence-electron chi connectivity index (χ1n) is 15.5. The van der Waals surface area contributed by atoms with Crippen LogP contribution in [0, 0.1) is 11.6 Å². The van der Waals surface area contributed by atoms with Gasteiger partial charge in [0.05, 0.1) is 17.2 Å². The Kier molecular flexibility index (Phi) is 12.5. The summed E-state index contributed by atoms with van der Waals surface area (Å²) in [5.41, 5.74) is 0.946. The fourth-order valence-corrected chi connectivity index (χ4v) is 6.42. The minimum absolute atomic E-state index is 0.0338. The van der Waals surface area contributed by atoms with E-state index in [-0.39, 0.29) is 29.1 Å². The van der Waals surface area contributed by atoms with Crippen LogP contribution in [-0.4, -0.2) is 50.9 Å². The topological polar surface area (TPSA) is 96.0 Å². The van der Waals surface area contributed by atoms with Crippen molar-refractivity contribution in [3.63, 3.8) is 0 Å². The molecule has 0 aromatic heterocycles. The predicted molar refractivity (Wildman–Crippen MR) is 177 cm³/mol. The van der Waals surface area contributed by atoms with E-state index < -0.39 is 46.1 Å². The normalized spacial score (nSPS) is 11.8. The number of amides is 2. The second-order valence-corrected chi connectivity index (χ2v) is 12.7. The lowest BCUT2D eigenvalue weighted by atomic mass is 10.0. The molecule has 248 valence electrons. The van der Waals surface area contributed by atoms with Crippen LogP contribution in [0.2, 0.25) is 0 Å². The molecule has 11 heteroatoms. The Morgan fingerprint density at radius 3 is 2.15 bits per heavy atom. The summed E-state index contributed by atoms with van der Waals surface area (Å²) in [6, 6.07) is 24.3. The minimum Gasteiger partial charge on any atom is -0.494 e. The van der Waals surface area contributed by atoms with Crippen molar-refractivity contribution < 1.29 is 31.5 Å². The van der Waals surface area contributed by atoms with Gasteiger partial charge in [-0.3, -0.25) is 13.9 Å². The summed E-state index contributed by atoms with van der Waals surface area (Å²) in [5.74, 6) is -1.91. The van der Waals surface area contributed by atoms with Crippen molar-refractivity contribution in [2.45, 2.75) is 50.6 Å². The number of ether oxygens (including phenoxy) is 1. The number of anilines is 1. The van der Waals surface area contributed by atoms with Crippen LogP contribution in [0.4, 0.5) is 14.5 Å². The molecule has 1 atom stereocenters. The Morgan fingerprint density at radius 1 is 0.851 bits per heavy atom. The highest BCUT2D eigenvalue weighted by Gasteiger charge is 2.35. The lowest BCUT2D eigenvalue weighted by Gasteiger charge is -2.34. The SMILES string of the molecule is CCCCNC(=O)[C@H](Cc1ccccc1)N(Cc1ccccc1F)C(=O)CN(c1ccc(F)cc1)S(=O)(=O)c1ccc(OCC)cc1. The Balaban J connectivity index is 1.78. The first kappa shape index (κ1) is 35.1. The average molecular weight is 664 g/mol. The maximum absolute atomic E-state index is 15.0. The Bertz CT molecular complexity index is 1720. The van der Waals surface area contributed by atoms with Crippen LogP contribution in [-0.2, 0) is 32.6 Å². The van der Waals surface area contributed by atoms with Crippen LogP contribution in [0.1, 0.15) is 37.8 Å². The molecule has 4 aromatic carbocycles. The van der Waals surface area contributed by atoms with Gasteiger partial charge >= 0.3 is 0 Å². The third-order valence-electron chi connectivity index (χ3n) is 7.52. The fourth-order valence-electron chi connectivity index (χ4n) is 5.01. The standard InChI is InChI=1S/C36H39F2N3O5S/c1-3-5-23-39-36(43)34(24-27-11-7-6-8-12-27)40(25-28-13-9-10-14-33(28)38)35(42)26-41(30-17-15-29(37)16-18-30)47(44,45)32-21-19-31(20-22-32)46-4-2/h6-22,34H,3-5,23-26H2,1-2H3,(H,39,43)/t34-/m0/s1. The van der Waals surface area contributed by atoms with Gasteiger partial charge in [0.15, 0.2) is 0 Å². The summed E-state index contributed by atoms with van der Waals surface area (Å²) in [4.78, 5) is 29.3. The molecule has 0 fully saturated rings. The number of halogens is 2. The van der Waals surface area contributed by atoms with Crippen molar-refractivity contribution >= 4 is 27.5 Å². The zero-order valence-electron chi connectivity index (χ0n) is 26.4. The molecule has 4 aromatic rings. The van der Waals surface area contributed by atoms with Crippen LogP contribution in [0.25, 0.3) is 0 Å². The predicted octanol–water partition coefficient (Wildman–Crippen LogP) is 6.12. The van der Waals surface area contributed by atoms with E-state index in [4.69, 9.17) is 4.74 Å². The lowest BCUT2D eigenvalue weighted by Crippen LogP contribution is -2.53. The summed E-state index contributed by atoms with van der Waals surface area (Å²) in [6.07, 6.45) is 1.64. The Hall–Kier alpha value is -4.77. The van der Waals surface area contributed by atoms with Crippen molar-refractivity contribution in [2.75, 3.05) is 24.0 Å². The van der Waals surface area contributed by atoms with Gasteiger partial charge in [0.2, 0.25) is 11.8 Å². The van der Waals surface area contributed by atoms with E-state index in [2.05, 4.69) is 5.32 Å². The third-order valence-corrected chi connectivity index (χ3v) is 9.30. The molecule has 0 saturated heterocycles. The first-order chi connectivity index (χ1) is 22.6.